The maximum absolute atomic E-state index is 13.3. The van der Waals surface area contributed by atoms with Crippen molar-refractivity contribution in [3.8, 4) is 0 Å². The first-order valence-electron chi connectivity index (χ1n) is 11.8. The molecular weight excluding hydrogens is 492 g/mol. The summed E-state index contributed by atoms with van der Waals surface area (Å²) < 4.78 is 22.2. The van der Waals surface area contributed by atoms with Gasteiger partial charge in [0.15, 0.2) is 4.32 Å². The Hall–Kier alpha value is -1.48. The predicted molar refractivity (Wildman–Crippen MR) is 121 cm³/mol. The Morgan fingerprint density at radius 1 is 1.15 bits per heavy atom. The summed E-state index contributed by atoms with van der Waals surface area (Å²) in [4.78, 5) is 25.9. The summed E-state index contributed by atoms with van der Waals surface area (Å²) in [7, 11) is 0. The van der Waals surface area contributed by atoms with Crippen LogP contribution in [0.2, 0.25) is 0 Å². The lowest BCUT2D eigenvalue weighted by Gasteiger charge is -2.39. The summed E-state index contributed by atoms with van der Waals surface area (Å²) in [5.41, 5.74) is -0.455. The highest BCUT2D eigenvalue weighted by atomic mass is 79.9. The van der Waals surface area contributed by atoms with Crippen LogP contribution in [0.4, 0.5) is 0 Å². The first-order chi connectivity index (χ1) is 15.7. The van der Waals surface area contributed by atoms with Crippen LogP contribution in [0.5, 0.6) is 0 Å². The Balaban J connectivity index is 1.44. The molecule has 8 heteroatoms. The van der Waals surface area contributed by atoms with E-state index in [-0.39, 0.29) is 12.7 Å². The second kappa shape index (κ2) is 8.33. The molecule has 4 fully saturated rings. The van der Waals surface area contributed by atoms with Crippen molar-refractivity contribution in [2.24, 2.45) is 29.1 Å². The molecule has 2 aliphatic carbocycles. The van der Waals surface area contributed by atoms with Gasteiger partial charge in [0.2, 0.25) is 12.6 Å². The van der Waals surface area contributed by atoms with Crippen molar-refractivity contribution in [3.05, 3.63) is 35.9 Å². The van der Waals surface area contributed by atoms with E-state index in [4.69, 9.17) is 18.9 Å². The fourth-order valence-electron chi connectivity index (χ4n) is 6.24. The molecule has 0 radical (unpaired) electrons. The minimum atomic E-state index is -1.40. The Bertz CT molecular complexity index is 923. The molecule has 5 rings (SSSR count). The zero-order valence-electron chi connectivity index (χ0n) is 19.1. The van der Waals surface area contributed by atoms with Gasteiger partial charge in [0.25, 0.3) is 0 Å². The zero-order chi connectivity index (χ0) is 23.5. The molecule has 2 saturated carbocycles. The van der Waals surface area contributed by atoms with Crippen molar-refractivity contribution in [1.29, 1.82) is 0 Å². The van der Waals surface area contributed by atoms with Crippen LogP contribution >= 0.6 is 15.9 Å². The molecule has 0 aromatic heterocycles. The maximum Gasteiger partial charge on any atom is 0.327 e. The van der Waals surface area contributed by atoms with Gasteiger partial charge in [0.05, 0.1) is 18.6 Å². The van der Waals surface area contributed by atoms with Gasteiger partial charge >= 0.3 is 11.9 Å². The first-order valence-corrected chi connectivity index (χ1v) is 12.6. The number of aliphatic hydroxyl groups is 1. The number of carbonyl (C=O) groups excluding carboxylic acids is 2. The van der Waals surface area contributed by atoms with Crippen LogP contribution < -0.4 is 0 Å². The molecular formula is C25H31BrO7. The van der Waals surface area contributed by atoms with Crippen molar-refractivity contribution < 1.29 is 33.6 Å². The molecule has 4 aliphatic rings. The predicted octanol–water partition coefficient (Wildman–Crippen LogP) is 3.56. The molecule has 1 N–H and O–H groups in total. The van der Waals surface area contributed by atoms with E-state index in [0.29, 0.717) is 17.8 Å². The largest absolute Gasteiger partial charge is 0.434 e. The number of carbonyl (C=O) groups is 2. The highest BCUT2D eigenvalue weighted by molar-refractivity contribution is 9.10. The highest BCUT2D eigenvalue weighted by Crippen LogP contribution is 2.77. The minimum Gasteiger partial charge on any atom is -0.434 e. The fourth-order valence-corrected chi connectivity index (χ4v) is 7.44. The van der Waals surface area contributed by atoms with E-state index in [2.05, 4.69) is 36.7 Å². The molecule has 9 atom stereocenters. The maximum atomic E-state index is 13.3. The van der Waals surface area contributed by atoms with Crippen molar-refractivity contribution in [2.45, 2.75) is 75.8 Å². The van der Waals surface area contributed by atoms with Crippen LogP contribution in [0.15, 0.2) is 30.3 Å². The average Bonchev–Trinajstić information content (AvgIpc) is 3.14. The Morgan fingerprint density at radius 2 is 1.88 bits per heavy atom. The first kappa shape index (κ1) is 23.3. The van der Waals surface area contributed by atoms with Gasteiger partial charge in [-0.05, 0) is 36.2 Å². The smallest absolute Gasteiger partial charge is 0.327 e. The summed E-state index contributed by atoms with van der Waals surface area (Å²) in [5, 5.41) is 10.4. The SMILES string of the molecule is CC(C)[C@@H]1CC[C@@H](C)C[C@H]1O[C@@H]1OC(=O)[C@@]2([C@H]3[C@@H](O)OC(=O)[C@]32Br)[C@H]1OCc1ccccc1. The number of hydrogen-bond acceptors (Lipinski definition) is 7. The zero-order valence-corrected chi connectivity index (χ0v) is 20.7. The standard InChI is InChI=1S/C25H31BrO7/c1-13(2)16-10-9-14(3)11-17(16)31-21-19(30-12-15-7-5-4-6-8-15)24(22(28)33-21)18-20(27)32-23(29)25(18,24)26/h4-8,13-14,16-21,27H,9-12H2,1-3H3/t14-,16+,17-,18-,19+,20+,21-,24-,25-/m1/s1. The Kier molecular flexibility index (Phi) is 5.87. The number of esters is 2. The summed E-state index contributed by atoms with van der Waals surface area (Å²) in [5.74, 6) is -0.759. The number of fused-ring (bicyclic) bond motifs is 3. The fraction of sp³-hybridized carbons (Fsp3) is 0.680. The molecule has 7 nitrogen and oxygen atoms in total. The van der Waals surface area contributed by atoms with E-state index in [1.165, 1.54) is 0 Å². The molecule has 2 heterocycles. The van der Waals surface area contributed by atoms with Crippen LogP contribution in [0, 0.1) is 29.1 Å². The van der Waals surface area contributed by atoms with Crippen molar-refractivity contribution in [1.82, 2.24) is 0 Å². The van der Waals surface area contributed by atoms with Crippen LogP contribution in [0.3, 0.4) is 0 Å². The van der Waals surface area contributed by atoms with E-state index >= 15 is 0 Å². The second-order valence-electron chi connectivity index (χ2n) is 10.3. The number of alkyl halides is 1. The number of aliphatic hydroxyl groups excluding tert-OH is 1. The quantitative estimate of drug-likeness (QED) is 0.451. The number of hydrogen-bond donors (Lipinski definition) is 1. The van der Waals surface area contributed by atoms with Crippen molar-refractivity contribution in [2.75, 3.05) is 0 Å². The molecule has 1 spiro atoms. The number of benzene rings is 1. The van der Waals surface area contributed by atoms with Gasteiger partial charge in [-0.25, -0.2) is 0 Å². The Labute approximate surface area is 202 Å². The molecule has 2 saturated heterocycles. The number of ether oxygens (including phenoxy) is 4. The van der Waals surface area contributed by atoms with E-state index in [9.17, 15) is 14.7 Å². The molecule has 0 amide bonds. The normalized spacial score (nSPS) is 44.1. The van der Waals surface area contributed by atoms with Gasteiger partial charge in [-0.15, -0.1) is 0 Å². The Morgan fingerprint density at radius 3 is 2.52 bits per heavy atom. The van der Waals surface area contributed by atoms with Gasteiger partial charge in [-0.3, -0.25) is 9.59 Å². The van der Waals surface area contributed by atoms with Gasteiger partial charge in [-0.1, -0.05) is 73.5 Å². The van der Waals surface area contributed by atoms with Crippen LogP contribution in [-0.4, -0.2) is 46.2 Å². The number of cyclic esters (lactones) is 2. The van der Waals surface area contributed by atoms with E-state index in [1.54, 1.807) is 0 Å². The third kappa shape index (κ3) is 3.39. The van der Waals surface area contributed by atoms with Gasteiger partial charge in [-0.2, -0.15) is 0 Å². The molecule has 2 aliphatic heterocycles. The van der Waals surface area contributed by atoms with Crippen LogP contribution in [0.1, 0.15) is 45.6 Å². The summed E-state index contributed by atoms with van der Waals surface area (Å²) in [6.07, 6.45) is -0.213. The summed E-state index contributed by atoms with van der Waals surface area (Å²) >= 11 is 3.44. The third-order valence-corrected chi connectivity index (χ3v) is 9.52. The summed E-state index contributed by atoms with van der Waals surface area (Å²) in [6.45, 7) is 6.81. The van der Waals surface area contributed by atoms with Crippen LogP contribution in [0.25, 0.3) is 0 Å². The van der Waals surface area contributed by atoms with E-state index < -0.39 is 46.3 Å². The lowest BCUT2D eigenvalue weighted by molar-refractivity contribution is -0.216. The average molecular weight is 523 g/mol. The van der Waals surface area contributed by atoms with E-state index in [1.807, 2.05) is 30.3 Å². The van der Waals surface area contributed by atoms with Crippen LogP contribution in [-0.2, 0) is 35.1 Å². The lowest BCUT2D eigenvalue weighted by Crippen LogP contribution is -2.45. The lowest BCUT2D eigenvalue weighted by atomic mass is 9.75. The molecule has 1 aromatic carbocycles. The molecule has 1 aromatic rings. The third-order valence-electron chi connectivity index (χ3n) is 8.05. The van der Waals surface area contributed by atoms with Gasteiger partial charge < -0.3 is 24.1 Å². The van der Waals surface area contributed by atoms with E-state index in [0.717, 1.165) is 24.8 Å². The molecule has 180 valence electrons. The molecule has 0 unspecified atom stereocenters. The minimum absolute atomic E-state index is 0.0775. The highest BCUT2D eigenvalue weighted by Gasteiger charge is 2.96. The van der Waals surface area contributed by atoms with Gasteiger partial charge in [0, 0.05) is 0 Å². The second-order valence-corrected chi connectivity index (χ2v) is 11.6. The topological polar surface area (TPSA) is 91.3 Å². The molecule has 33 heavy (non-hydrogen) atoms. The van der Waals surface area contributed by atoms with Crippen molar-refractivity contribution in [3.63, 3.8) is 0 Å². The van der Waals surface area contributed by atoms with Crippen molar-refractivity contribution >= 4 is 27.9 Å². The number of halogens is 1. The monoisotopic (exact) mass is 522 g/mol. The number of rotatable bonds is 6. The molecule has 0 bridgehead atoms. The summed E-state index contributed by atoms with van der Waals surface area (Å²) in [6, 6.07) is 9.60. The van der Waals surface area contributed by atoms with Gasteiger partial charge in [0.1, 0.15) is 11.5 Å².